The van der Waals surface area contributed by atoms with Gasteiger partial charge in [0.15, 0.2) is 5.78 Å². The number of nitrogens with zero attached hydrogens (tertiary/aromatic N) is 4. The third-order valence-electron chi connectivity index (χ3n) is 4.79. The Morgan fingerprint density at radius 3 is 2.70 bits per heavy atom. The van der Waals surface area contributed by atoms with Gasteiger partial charge in [-0.2, -0.15) is 4.68 Å². The lowest BCUT2D eigenvalue weighted by Gasteiger charge is -2.11. The first-order valence-corrected chi connectivity index (χ1v) is 9.79. The maximum Gasteiger partial charge on any atom is 0.214 e. The standard InChI is InChI=1S/C20H20N4O2S/c1-13(19(25)16-7-6-14-4-3-5-15(14)12-16)27-20-21-22-23-24(20)17-8-10-18(26-2)11-9-17/h6-13H,3-5H2,1-2H3/t13-/m0/s1. The summed E-state index contributed by atoms with van der Waals surface area (Å²) in [6.45, 7) is 1.90. The minimum Gasteiger partial charge on any atom is -0.497 e. The zero-order chi connectivity index (χ0) is 18.8. The molecule has 27 heavy (non-hydrogen) atoms. The van der Waals surface area contributed by atoms with Crippen molar-refractivity contribution in [3.8, 4) is 11.4 Å². The van der Waals surface area contributed by atoms with Crippen LogP contribution in [0.1, 0.15) is 34.8 Å². The van der Waals surface area contributed by atoms with Gasteiger partial charge in [-0.1, -0.05) is 23.9 Å². The highest BCUT2D eigenvalue weighted by Crippen LogP contribution is 2.28. The maximum atomic E-state index is 12.9. The number of tetrazole rings is 1. The van der Waals surface area contributed by atoms with Gasteiger partial charge in [0.2, 0.25) is 5.16 Å². The lowest BCUT2D eigenvalue weighted by atomic mass is 10.0. The summed E-state index contributed by atoms with van der Waals surface area (Å²) >= 11 is 1.36. The topological polar surface area (TPSA) is 69.9 Å². The van der Waals surface area contributed by atoms with E-state index in [4.69, 9.17) is 4.74 Å². The van der Waals surface area contributed by atoms with E-state index in [1.807, 2.05) is 43.3 Å². The molecule has 1 heterocycles. The van der Waals surface area contributed by atoms with E-state index in [0.29, 0.717) is 5.16 Å². The average Bonchev–Trinajstić information content (AvgIpc) is 3.36. The van der Waals surface area contributed by atoms with E-state index in [-0.39, 0.29) is 11.0 Å². The summed E-state index contributed by atoms with van der Waals surface area (Å²) in [7, 11) is 1.62. The van der Waals surface area contributed by atoms with E-state index >= 15 is 0 Å². The largest absolute Gasteiger partial charge is 0.497 e. The quantitative estimate of drug-likeness (QED) is 0.481. The number of carbonyl (C=O) groups is 1. The van der Waals surface area contributed by atoms with E-state index in [1.54, 1.807) is 11.8 Å². The Kier molecular flexibility index (Phi) is 4.94. The number of aryl methyl sites for hydroxylation is 2. The third kappa shape index (κ3) is 3.60. The van der Waals surface area contributed by atoms with Crippen molar-refractivity contribution in [2.75, 3.05) is 7.11 Å². The summed E-state index contributed by atoms with van der Waals surface area (Å²) in [5.74, 6) is 0.861. The first kappa shape index (κ1) is 17.7. The van der Waals surface area contributed by atoms with E-state index in [9.17, 15) is 4.79 Å². The van der Waals surface area contributed by atoms with Gasteiger partial charge in [-0.05, 0) is 78.1 Å². The van der Waals surface area contributed by atoms with Crippen LogP contribution >= 0.6 is 11.8 Å². The van der Waals surface area contributed by atoms with Crippen LogP contribution in [0.5, 0.6) is 5.75 Å². The summed E-state index contributed by atoms with van der Waals surface area (Å²) in [4.78, 5) is 12.9. The monoisotopic (exact) mass is 380 g/mol. The highest BCUT2D eigenvalue weighted by atomic mass is 32.2. The van der Waals surface area contributed by atoms with Crippen molar-refractivity contribution < 1.29 is 9.53 Å². The molecular formula is C20H20N4O2S. The number of aromatic nitrogens is 4. The van der Waals surface area contributed by atoms with Crippen molar-refractivity contribution in [3.63, 3.8) is 0 Å². The number of ketones is 1. The summed E-state index contributed by atoms with van der Waals surface area (Å²) in [6.07, 6.45) is 3.35. The highest BCUT2D eigenvalue weighted by molar-refractivity contribution is 8.00. The van der Waals surface area contributed by atoms with Crippen molar-refractivity contribution in [2.24, 2.45) is 0 Å². The molecule has 0 fully saturated rings. The van der Waals surface area contributed by atoms with Crippen molar-refractivity contribution in [3.05, 3.63) is 59.2 Å². The molecule has 1 aliphatic rings. The molecule has 0 saturated heterocycles. The van der Waals surface area contributed by atoms with Gasteiger partial charge in [-0.15, -0.1) is 5.10 Å². The molecule has 6 nitrogen and oxygen atoms in total. The average molecular weight is 380 g/mol. The Balaban J connectivity index is 1.52. The smallest absolute Gasteiger partial charge is 0.214 e. The van der Waals surface area contributed by atoms with Crippen LogP contribution < -0.4 is 4.74 Å². The molecule has 138 valence electrons. The summed E-state index contributed by atoms with van der Waals surface area (Å²) in [6, 6.07) is 13.5. The number of rotatable bonds is 6. The number of methoxy groups -OCH3 is 1. The zero-order valence-electron chi connectivity index (χ0n) is 15.3. The second-order valence-electron chi connectivity index (χ2n) is 6.53. The molecule has 0 unspecified atom stereocenters. The second kappa shape index (κ2) is 7.52. The molecule has 4 rings (SSSR count). The Morgan fingerprint density at radius 1 is 1.15 bits per heavy atom. The van der Waals surface area contributed by atoms with Crippen LogP contribution in [-0.4, -0.2) is 38.4 Å². The summed E-state index contributed by atoms with van der Waals surface area (Å²) in [5, 5.41) is 12.2. The van der Waals surface area contributed by atoms with Crippen LogP contribution in [0.15, 0.2) is 47.6 Å². The molecule has 7 heteroatoms. The van der Waals surface area contributed by atoms with Gasteiger partial charge in [0.1, 0.15) is 5.75 Å². The van der Waals surface area contributed by atoms with E-state index in [1.165, 1.54) is 29.3 Å². The Hall–Kier alpha value is -2.67. The molecule has 2 aromatic carbocycles. The third-order valence-corrected chi connectivity index (χ3v) is 5.83. The van der Waals surface area contributed by atoms with Gasteiger partial charge >= 0.3 is 0 Å². The predicted molar refractivity (Wildman–Crippen MR) is 104 cm³/mol. The molecule has 0 amide bonds. The van der Waals surface area contributed by atoms with Gasteiger partial charge in [-0.3, -0.25) is 4.79 Å². The molecule has 0 radical (unpaired) electrons. The molecule has 1 atom stereocenters. The van der Waals surface area contributed by atoms with Crippen molar-refractivity contribution in [2.45, 2.75) is 36.6 Å². The van der Waals surface area contributed by atoms with Crippen LogP contribution in [0.25, 0.3) is 5.69 Å². The second-order valence-corrected chi connectivity index (χ2v) is 7.84. The van der Waals surface area contributed by atoms with Crippen molar-refractivity contribution >= 4 is 17.5 Å². The fourth-order valence-electron chi connectivity index (χ4n) is 3.31. The van der Waals surface area contributed by atoms with Gasteiger partial charge in [0.05, 0.1) is 18.0 Å². The number of benzene rings is 2. The molecule has 0 spiro atoms. The Bertz CT molecular complexity index is 968. The number of carbonyl (C=O) groups excluding carboxylic acids is 1. The molecule has 3 aromatic rings. The van der Waals surface area contributed by atoms with E-state index in [0.717, 1.165) is 29.8 Å². The van der Waals surface area contributed by atoms with Gasteiger partial charge in [-0.25, -0.2) is 0 Å². The highest BCUT2D eigenvalue weighted by Gasteiger charge is 2.22. The minimum atomic E-state index is -0.285. The van der Waals surface area contributed by atoms with Crippen LogP contribution in [0, 0.1) is 0 Å². The molecule has 1 aliphatic carbocycles. The van der Waals surface area contributed by atoms with Crippen LogP contribution in [0.3, 0.4) is 0 Å². The van der Waals surface area contributed by atoms with Crippen LogP contribution in [-0.2, 0) is 12.8 Å². The molecule has 0 saturated carbocycles. The van der Waals surface area contributed by atoms with Crippen molar-refractivity contribution in [1.29, 1.82) is 0 Å². The normalized spacial score (nSPS) is 14.0. The van der Waals surface area contributed by atoms with E-state index in [2.05, 4.69) is 21.6 Å². The fourth-order valence-corrected chi connectivity index (χ4v) is 4.19. The molecule has 0 bridgehead atoms. The SMILES string of the molecule is COc1ccc(-n2nnnc2S[C@@H](C)C(=O)c2ccc3c(c2)CCC3)cc1. The number of fused-ring (bicyclic) bond motifs is 1. The fraction of sp³-hybridized carbons (Fsp3) is 0.300. The number of Topliss-reactive ketones (excluding diaryl/α,β-unsaturated/α-hetero) is 1. The van der Waals surface area contributed by atoms with E-state index < -0.39 is 0 Å². The molecule has 1 aromatic heterocycles. The summed E-state index contributed by atoms with van der Waals surface area (Å²) < 4.78 is 6.82. The number of ether oxygens (including phenoxy) is 1. The molecular weight excluding hydrogens is 360 g/mol. The van der Waals surface area contributed by atoms with Gasteiger partial charge in [0.25, 0.3) is 0 Å². The zero-order valence-corrected chi connectivity index (χ0v) is 16.1. The number of hydrogen-bond donors (Lipinski definition) is 0. The molecule has 0 aliphatic heterocycles. The summed E-state index contributed by atoms with van der Waals surface area (Å²) in [5.41, 5.74) is 4.26. The van der Waals surface area contributed by atoms with Crippen LogP contribution in [0.2, 0.25) is 0 Å². The Morgan fingerprint density at radius 2 is 1.93 bits per heavy atom. The Labute approximate surface area is 161 Å². The number of thioether (sulfide) groups is 1. The number of hydrogen-bond acceptors (Lipinski definition) is 6. The van der Waals surface area contributed by atoms with Crippen LogP contribution in [0.4, 0.5) is 0 Å². The first-order chi connectivity index (χ1) is 13.2. The van der Waals surface area contributed by atoms with Gasteiger partial charge < -0.3 is 4.74 Å². The lowest BCUT2D eigenvalue weighted by molar-refractivity contribution is 0.0993. The lowest BCUT2D eigenvalue weighted by Crippen LogP contribution is -2.15. The van der Waals surface area contributed by atoms with Crippen molar-refractivity contribution in [1.82, 2.24) is 20.2 Å². The predicted octanol–water partition coefficient (Wildman–Crippen LogP) is 3.52. The minimum absolute atomic E-state index is 0.0963. The first-order valence-electron chi connectivity index (χ1n) is 8.91. The van der Waals surface area contributed by atoms with Gasteiger partial charge in [0, 0.05) is 5.56 Å². The molecule has 0 N–H and O–H groups in total. The maximum absolute atomic E-state index is 12.9.